The average Bonchev–Trinajstić information content (AvgIpc) is 3.07. The lowest BCUT2D eigenvalue weighted by atomic mass is 10.0. The smallest absolute Gasteiger partial charge is 0.0589 e. The summed E-state index contributed by atoms with van der Waals surface area (Å²) in [6.07, 6.45) is 6.57. The van der Waals surface area contributed by atoms with Crippen LogP contribution in [0.15, 0.2) is 0 Å². The van der Waals surface area contributed by atoms with Crippen molar-refractivity contribution in [2.45, 2.75) is 45.1 Å². The van der Waals surface area contributed by atoms with E-state index in [0.29, 0.717) is 0 Å². The van der Waals surface area contributed by atoms with Crippen molar-refractivity contribution in [3.63, 3.8) is 0 Å². The van der Waals surface area contributed by atoms with Gasteiger partial charge in [0, 0.05) is 19.7 Å². The van der Waals surface area contributed by atoms with Crippen molar-refractivity contribution in [3.05, 3.63) is 0 Å². The van der Waals surface area contributed by atoms with E-state index in [1.165, 1.54) is 38.6 Å². The van der Waals surface area contributed by atoms with Crippen molar-refractivity contribution < 1.29 is 4.74 Å². The molecule has 0 heterocycles. The Morgan fingerprint density at radius 1 is 1.31 bits per heavy atom. The summed E-state index contributed by atoms with van der Waals surface area (Å²) in [5.74, 6) is 0.786. The van der Waals surface area contributed by atoms with E-state index in [9.17, 15) is 0 Å². The first-order chi connectivity index (χ1) is 7.77. The first kappa shape index (κ1) is 13.9. The summed E-state index contributed by atoms with van der Waals surface area (Å²) in [4.78, 5) is 2.60. The third-order valence-electron chi connectivity index (χ3n) is 3.45. The molecule has 0 saturated heterocycles. The van der Waals surface area contributed by atoms with E-state index in [1.807, 2.05) is 0 Å². The molecule has 1 atom stereocenters. The van der Waals surface area contributed by atoms with Crippen LogP contribution in [-0.2, 0) is 4.74 Å². The minimum atomic E-state index is 0.786. The highest BCUT2D eigenvalue weighted by atomic mass is 16.5. The van der Waals surface area contributed by atoms with E-state index in [1.54, 1.807) is 7.11 Å². The molecule has 1 fully saturated rings. The number of nitrogens with two attached hydrogens (primary N) is 1. The number of hydrogen-bond donors (Lipinski definition) is 1. The van der Waals surface area contributed by atoms with E-state index in [2.05, 4.69) is 11.8 Å². The van der Waals surface area contributed by atoms with Crippen LogP contribution in [0.1, 0.15) is 39.0 Å². The molecule has 2 N–H and O–H groups in total. The van der Waals surface area contributed by atoms with Crippen LogP contribution >= 0.6 is 0 Å². The second kappa shape index (κ2) is 8.04. The Morgan fingerprint density at radius 3 is 2.62 bits per heavy atom. The van der Waals surface area contributed by atoms with Crippen molar-refractivity contribution in [2.24, 2.45) is 11.7 Å². The highest BCUT2D eigenvalue weighted by Crippen LogP contribution is 2.27. The van der Waals surface area contributed by atoms with Crippen LogP contribution in [-0.4, -0.2) is 44.3 Å². The Kier molecular flexibility index (Phi) is 7.01. The summed E-state index contributed by atoms with van der Waals surface area (Å²) < 4.78 is 5.16. The van der Waals surface area contributed by atoms with E-state index in [4.69, 9.17) is 10.5 Å². The van der Waals surface area contributed by atoms with Crippen LogP contribution in [0.4, 0.5) is 0 Å². The molecular formula is C13H28N2O. The summed E-state index contributed by atoms with van der Waals surface area (Å²) in [6.45, 7) is 6.35. The van der Waals surface area contributed by atoms with Gasteiger partial charge in [-0.05, 0) is 51.1 Å². The zero-order valence-electron chi connectivity index (χ0n) is 11.0. The number of ether oxygens (including phenoxy) is 1. The first-order valence-corrected chi connectivity index (χ1v) is 6.71. The third-order valence-corrected chi connectivity index (χ3v) is 3.45. The molecule has 0 aromatic rings. The van der Waals surface area contributed by atoms with Crippen molar-refractivity contribution >= 4 is 0 Å². The second-order valence-corrected chi connectivity index (χ2v) is 5.08. The van der Waals surface area contributed by atoms with Crippen LogP contribution < -0.4 is 5.73 Å². The monoisotopic (exact) mass is 228 g/mol. The highest BCUT2D eigenvalue weighted by molar-refractivity contribution is 4.84. The lowest BCUT2D eigenvalue weighted by molar-refractivity contribution is 0.141. The molecule has 16 heavy (non-hydrogen) atoms. The van der Waals surface area contributed by atoms with Gasteiger partial charge in [0.25, 0.3) is 0 Å². The normalized spacial score (nSPS) is 18.0. The molecule has 96 valence electrons. The number of methoxy groups -OCH3 is 1. The molecule has 1 saturated carbocycles. The second-order valence-electron chi connectivity index (χ2n) is 5.08. The minimum Gasteiger partial charge on any atom is -0.383 e. The van der Waals surface area contributed by atoms with E-state index < -0.39 is 0 Å². The van der Waals surface area contributed by atoms with Crippen molar-refractivity contribution in [1.82, 2.24) is 4.90 Å². The maximum Gasteiger partial charge on any atom is 0.0589 e. The van der Waals surface area contributed by atoms with Gasteiger partial charge in [-0.15, -0.1) is 0 Å². The topological polar surface area (TPSA) is 38.5 Å². The summed E-state index contributed by atoms with van der Waals surface area (Å²) in [6, 6.07) is 0.861. The van der Waals surface area contributed by atoms with E-state index >= 15 is 0 Å². The Labute approximate surface area is 100 Å². The molecule has 0 bridgehead atoms. The zero-order chi connectivity index (χ0) is 11.8. The predicted octanol–water partition coefficient (Wildman–Crippen LogP) is 1.86. The standard InChI is InChI=1S/C13H28N2O/c1-12(7-8-14)4-3-9-15(10-11-16-2)13-5-6-13/h12-13H,3-11,14H2,1-2H3. The van der Waals surface area contributed by atoms with Gasteiger partial charge in [0.2, 0.25) is 0 Å². The molecular weight excluding hydrogens is 200 g/mol. The summed E-state index contributed by atoms with van der Waals surface area (Å²) in [5.41, 5.74) is 5.56. The molecule has 0 aromatic heterocycles. The largest absolute Gasteiger partial charge is 0.383 e. The van der Waals surface area contributed by atoms with Gasteiger partial charge >= 0.3 is 0 Å². The summed E-state index contributed by atoms with van der Waals surface area (Å²) in [7, 11) is 1.79. The third kappa shape index (κ3) is 5.83. The van der Waals surface area contributed by atoms with Gasteiger partial charge < -0.3 is 10.5 Å². The molecule has 1 unspecified atom stereocenters. The number of rotatable bonds is 10. The van der Waals surface area contributed by atoms with Crippen molar-refractivity contribution in [3.8, 4) is 0 Å². The molecule has 1 rings (SSSR count). The van der Waals surface area contributed by atoms with Gasteiger partial charge in [-0.3, -0.25) is 4.90 Å². The Hall–Kier alpha value is -0.120. The van der Waals surface area contributed by atoms with Crippen molar-refractivity contribution in [2.75, 3.05) is 33.4 Å². The molecule has 0 aromatic carbocycles. The molecule has 3 heteroatoms. The molecule has 1 aliphatic carbocycles. The Morgan fingerprint density at radius 2 is 2.06 bits per heavy atom. The molecule has 0 radical (unpaired) electrons. The lowest BCUT2D eigenvalue weighted by Crippen LogP contribution is -2.30. The SMILES string of the molecule is COCCN(CCCC(C)CCN)C1CC1. The quantitative estimate of drug-likeness (QED) is 0.620. The van der Waals surface area contributed by atoms with Crippen LogP contribution in [0.25, 0.3) is 0 Å². The van der Waals surface area contributed by atoms with Gasteiger partial charge in [0.15, 0.2) is 0 Å². The van der Waals surface area contributed by atoms with Gasteiger partial charge in [-0.2, -0.15) is 0 Å². The first-order valence-electron chi connectivity index (χ1n) is 6.71. The molecule has 0 spiro atoms. The average molecular weight is 228 g/mol. The number of nitrogens with zero attached hydrogens (tertiary/aromatic N) is 1. The van der Waals surface area contributed by atoms with Crippen LogP contribution in [0, 0.1) is 5.92 Å². The fourth-order valence-corrected chi connectivity index (χ4v) is 2.20. The van der Waals surface area contributed by atoms with Gasteiger partial charge in [0.1, 0.15) is 0 Å². The zero-order valence-corrected chi connectivity index (χ0v) is 11.0. The number of hydrogen-bond acceptors (Lipinski definition) is 3. The molecule has 0 aliphatic heterocycles. The molecule has 0 amide bonds. The van der Waals surface area contributed by atoms with E-state index in [0.717, 1.165) is 31.7 Å². The predicted molar refractivity (Wildman–Crippen MR) is 68.5 cm³/mol. The van der Waals surface area contributed by atoms with Gasteiger partial charge in [-0.25, -0.2) is 0 Å². The lowest BCUT2D eigenvalue weighted by Gasteiger charge is -2.22. The Balaban J connectivity index is 2.07. The van der Waals surface area contributed by atoms with Gasteiger partial charge in [0.05, 0.1) is 6.61 Å². The van der Waals surface area contributed by atoms with Crippen molar-refractivity contribution in [1.29, 1.82) is 0 Å². The summed E-state index contributed by atoms with van der Waals surface area (Å²) >= 11 is 0. The van der Waals surface area contributed by atoms with Crippen LogP contribution in [0.3, 0.4) is 0 Å². The van der Waals surface area contributed by atoms with E-state index in [-0.39, 0.29) is 0 Å². The highest BCUT2D eigenvalue weighted by Gasteiger charge is 2.27. The van der Waals surface area contributed by atoms with Crippen LogP contribution in [0.5, 0.6) is 0 Å². The maximum absolute atomic E-state index is 5.56. The minimum absolute atomic E-state index is 0.786. The molecule has 3 nitrogen and oxygen atoms in total. The maximum atomic E-state index is 5.56. The van der Waals surface area contributed by atoms with Gasteiger partial charge in [-0.1, -0.05) is 6.92 Å². The van der Waals surface area contributed by atoms with Crippen LogP contribution in [0.2, 0.25) is 0 Å². The Bertz CT molecular complexity index is 171. The fraction of sp³-hybridized carbons (Fsp3) is 1.00. The fourth-order valence-electron chi connectivity index (χ4n) is 2.20. The summed E-state index contributed by atoms with van der Waals surface area (Å²) in [5, 5.41) is 0. The molecule has 1 aliphatic rings.